The first-order valence-corrected chi connectivity index (χ1v) is 8.94. The molecule has 0 aliphatic heterocycles. The molecule has 0 saturated heterocycles. The van der Waals surface area contributed by atoms with Crippen LogP contribution in [0.5, 0.6) is 0 Å². The molecule has 3 rings (SSSR count). The molecule has 0 atom stereocenters. The van der Waals surface area contributed by atoms with Gasteiger partial charge in [-0.05, 0) is 42.9 Å². The number of hydrogen-bond donors (Lipinski definition) is 4. The molecule has 3 aromatic rings. The highest BCUT2D eigenvalue weighted by Crippen LogP contribution is 2.24. The zero-order chi connectivity index (χ0) is 19.6. The molecular formula is C17H17BN4O4S. The van der Waals surface area contributed by atoms with E-state index in [4.69, 9.17) is 0 Å². The summed E-state index contributed by atoms with van der Waals surface area (Å²) >= 11 is 1.51. The summed E-state index contributed by atoms with van der Waals surface area (Å²) in [6.45, 7) is 3.55. The monoisotopic (exact) mass is 384 g/mol. The summed E-state index contributed by atoms with van der Waals surface area (Å²) in [5.74, 6) is 0.597. The fourth-order valence-corrected chi connectivity index (χ4v) is 3.18. The van der Waals surface area contributed by atoms with E-state index in [1.54, 1.807) is 13.8 Å². The summed E-state index contributed by atoms with van der Waals surface area (Å²) in [7, 11) is -1.79. The minimum atomic E-state index is -1.79. The van der Waals surface area contributed by atoms with E-state index < -0.39 is 18.6 Å². The van der Waals surface area contributed by atoms with E-state index in [1.165, 1.54) is 29.5 Å². The summed E-state index contributed by atoms with van der Waals surface area (Å²) in [4.78, 5) is 29.1. The molecule has 0 spiro atoms. The Morgan fingerprint density at radius 1 is 1.33 bits per heavy atom. The van der Waals surface area contributed by atoms with Crippen molar-refractivity contribution in [3.63, 3.8) is 0 Å². The topological polar surface area (TPSA) is 128 Å². The summed E-state index contributed by atoms with van der Waals surface area (Å²) < 4.78 is 0. The van der Waals surface area contributed by atoms with Crippen molar-refractivity contribution < 1.29 is 19.6 Å². The molecule has 1 aromatic carbocycles. The van der Waals surface area contributed by atoms with E-state index in [0.29, 0.717) is 17.9 Å². The zero-order valence-corrected chi connectivity index (χ0v) is 15.4. The zero-order valence-electron chi connectivity index (χ0n) is 14.6. The summed E-state index contributed by atoms with van der Waals surface area (Å²) in [6.07, 6.45) is 0.473. The van der Waals surface area contributed by atoms with Crippen LogP contribution in [0.3, 0.4) is 0 Å². The second-order valence-electron chi connectivity index (χ2n) is 6.40. The van der Waals surface area contributed by atoms with E-state index in [-0.39, 0.29) is 16.6 Å². The third-order valence-corrected chi connectivity index (χ3v) is 4.86. The van der Waals surface area contributed by atoms with Gasteiger partial charge in [-0.25, -0.2) is 4.98 Å². The normalized spacial score (nSPS) is 11.3. The molecular weight excluding hydrogens is 367 g/mol. The molecule has 0 unspecified atom stereocenters. The van der Waals surface area contributed by atoms with Crippen LogP contribution in [0, 0.1) is 0 Å². The molecule has 8 nitrogen and oxygen atoms in total. The smallest absolute Gasteiger partial charge is 0.423 e. The largest absolute Gasteiger partial charge is 0.489 e. The molecule has 0 aliphatic carbocycles. The molecule has 0 fully saturated rings. The molecule has 138 valence electrons. The lowest BCUT2D eigenvalue weighted by atomic mass is 9.77. The fourth-order valence-electron chi connectivity index (χ4n) is 2.53. The molecule has 0 aliphatic rings. The minimum Gasteiger partial charge on any atom is -0.423 e. The van der Waals surface area contributed by atoms with Crippen LogP contribution in [0.1, 0.15) is 40.4 Å². The van der Waals surface area contributed by atoms with Gasteiger partial charge >= 0.3 is 7.12 Å². The van der Waals surface area contributed by atoms with Gasteiger partial charge in [-0.2, -0.15) is 5.10 Å². The lowest BCUT2D eigenvalue weighted by Gasteiger charge is -2.23. The van der Waals surface area contributed by atoms with E-state index in [9.17, 15) is 19.6 Å². The Bertz CT molecular complexity index is 969. The first-order valence-electron chi connectivity index (χ1n) is 8.06. The number of carbonyl (C=O) groups excluding carboxylic acids is 2. The highest BCUT2D eigenvalue weighted by Gasteiger charge is 2.28. The first-order chi connectivity index (χ1) is 12.8. The molecule has 1 amide bonds. The van der Waals surface area contributed by atoms with Crippen molar-refractivity contribution >= 4 is 36.1 Å². The third kappa shape index (κ3) is 3.97. The predicted octanol–water partition coefficient (Wildman–Crippen LogP) is 0.691. The average molecular weight is 384 g/mol. The van der Waals surface area contributed by atoms with Crippen LogP contribution in [-0.2, 0) is 5.54 Å². The van der Waals surface area contributed by atoms with E-state index >= 15 is 0 Å². The van der Waals surface area contributed by atoms with Crippen molar-refractivity contribution in [1.82, 2.24) is 20.5 Å². The van der Waals surface area contributed by atoms with Crippen LogP contribution in [0.2, 0.25) is 0 Å². The molecule has 4 N–H and O–H groups in total. The molecule has 2 aromatic heterocycles. The molecule has 0 radical (unpaired) electrons. The van der Waals surface area contributed by atoms with Gasteiger partial charge in [0.2, 0.25) is 0 Å². The number of amides is 1. The number of hydrogen-bond acceptors (Lipinski definition) is 7. The number of aldehydes is 1. The summed E-state index contributed by atoms with van der Waals surface area (Å²) in [5, 5.41) is 30.3. The molecule has 27 heavy (non-hydrogen) atoms. The number of aromatic amines is 1. The van der Waals surface area contributed by atoms with Gasteiger partial charge in [0.05, 0.1) is 10.4 Å². The van der Waals surface area contributed by atoms with Crippen molar-refractivity contribution in [2.24, 2.45) is 0 Å². The lowest BCUT2D eigenvalue weighted by molar-refractivity contribution is 0.0908. The SMILES string of the molecule is CC(C)(NC(=O)c1ccc(B(O)O)c(C=O)c1)c1nc(-c2cccs2)n[nH]1. The number of aromatic nitrogens is 3. The van der Waals surface area contributed by atoms with Gasteiger partial charge in [0, 0.05) is 11.1 Å². The van der Waals surface area contributed by atoms with Gasteiger partial charge in [-0.15, -0.1) is 11.3 Å². The number of thiophene rings is 1. The number of H-pyrrole nitrogens is 1. The van der Waals surface area contributed by atoms with Gasteiger partial charge in [0.1, 0.15) is 12.1 Å². The maximum atomic E-state index is 12.6. The van der Waals surface area contributed by atoms with Gasteiger partial charge in [-0.3, -0.25) is 14.7 Å². The lowest BCUT2D eigenvalue weighted by Crippen LogP contribution is -2.42. The van der Waals surface area contributed by atoms with Gasteiger partial charge in [0.25, 0.3) is 5.91 Å². The Balaban J connectivity index is 1.81. The molecule has 0 saturated carbocycles. The number of benzene rings is 1. The Labute approximate surface area is 159 Å². The number of carbonyl (C=O) groups is 2. The van der Waals surface area contributed by atoms with Crippen LogP contribution in [-0.4, -0.2) is 44.5 Å². The predicted molar refractivity (Wildman–Crippen MR) is 102 cm³/mol. The van der Waals surface area contributed by atoms with Crippen LogP contribution < -0.4 is 10.8 Å². The van der Waals surface area contributed by atoms with E-state index in [1.807, 2.05) is 17.5 Å². The van der Waals surface area contributed by atoms with Crippen LogP contribution in [0.15, 0.2) is 35.7 Å². The Kier molecular flexibility index (Phi) is 5.22. The van der Waals surface area contributed by atoms with Gasteiger partial charge in [0.15, 0.2) is 5.82 Å². The van der Waals surface area contributed by atoms with Crippen LogP contribution in [0.25, 0.3) is 10.7 Å². The van der Waals surface area contributed by atoms with Crippen molar-refractivity contribution in [3.05, 3.63) is 52.7 Å². The fraction of sp³-hybridized carbons (Fsp3) is 0.176. The van der Waals surface area contributed by atoms with Crippen LogP contribution in [0.4, 0.5) is 0 Å². The standard InChI is InChI=1S/C17H17BN4O4S/c1-17(2,16-19-14(21-22-16)13-4-3-7-27-13)20-15(24)10-5-6-12(18(25)26)11(8-10)9-23/h3-9,25-26H,1-2H3,(H,20,24)(H,19,21,22). The second-order valence-corrected chi connectivity index (χ2v) is 7.35. The van der Waals surface area contributed by atoms with Crippen LogP contribution >= 0.6 is 11.3 Å². The van der Waals surface area contributed by atoms with Crippen molar-refractivity contribution in [1.29, 1.82) is 0 Å². The third-order valence-electron chi connectivity index (χ3n) is 4.00. The van der Waals surface area contributed by atoms with E-state index in [2.05, 4.69) is 20.5 Å². The summed E-state index contributed by atoms with van der Waals surface area (Å²) in [5.41, 5.74) is -0.560. The Morgan fingerprint density at radius 3 is 2.74 bits per heavy atom. The molecule has 10 heteroatoms. The van der Waals surface area contributed by atoms with Gasteiger partial charge in [-0.1, -0.05) is 12.1 Å². The highest BCUT2D eigenvalue weighted by molar-refractivity contribution is 7.13. The Hall–Kier alpha value is -2.82. The number of nitrogens with zero attached hydrogens (tertiary/aromatic N) is 2. The van der Waals surface area contributed by atoms with Crippen molar-refractivity contribution in [2.75, 3.05) is 0 Å². The second kappa shape index (κ2) is 7.43. The quantitative estimate of drug-likeness (QED) is 0.366. The first kappa shape index (κ1) is 19.0. The maximum Gasteiger partial charge on any atom is 0.489 e. The minimum absolute atomic E-state index is 0.0371. The average Bonchev–Trinajstić information content (AvgIpc) is 3.31. The Morgan fingerprint density at radius 2 is 2.11 bits per heavy atom. The highest BCUT2D eigenvalue weighted by atomic mass is 32.1. The molecule has 0 bridgehead atoms. The maximum absolute atomic E-state index is 12.6. The van der Waals surface area contributed by atoms with Crippen molar-refractivity contribution in [3.8, 4) is 10.7 Å². The summed E-state index contributed by atoms with van der Waals surface area (Å²) in [6, 6.07) is 7.87. The van der Waals surface area contributed by atoms with Crippen molar-refractivity contribution in [2.45, 2.75) is 19.4 Å². The molecule has 2 heterocycles. The van der Waals surface area contributed by atoms with E-state index in [0.717, 1.165) is 4.88 Å². The number of nitrogens with one attached hydrogen (secondary N) is 2. The number of rotatable bonds is 6. The van der Waals surface area contributed by atoms with Gasteiger partial charge < -0.3 is 15.4 Å².